The molecule has 35 heavy (non-hydrogen) atoms. The monoisotopic (exact) mass is 501 g/mol. The van der Waals surface area contributed by atoms with Gasteiger partial charge in [0, 0.05) is 13.1 Å². The zero-order valence-corrected chi connectivity index (χ0v) is 22.8. The second-order valence-electron chi connectivity index (χ2n) is 9.63. The van der Waals surface area contributed by atoms with Gasteiger partial charge in [0.05, 0.1) is 11.9 Å². The second kappa shape index (κ2) is 12.2. The summed E-state index contributed by atoms with van der Waals surface area (Å²) < 4.78 is 26.6. The van der Waals surface area contributed by atoms with E-state index < -0.39 is 22.0 Å². The average molecular weight is 502 g/mol. The summed E-state index contributed by atoms with van der Waals surface area (Å²) in [4.78, 5) is 28.3. The summed E-state index contributed by atoms with van der Waals surface area (Å²) in [5, 5.41) is 2.93. The number of carbonyl (C=O) groups excluding carboxylic acids is 2. The molecule has 0 aliphatic heterocycles. The summed E-state index contributed by atoms with van der Waals surface area (Å²) in [6.07, 6.45) is 1.50. The fraction of sp³-hybridized carbons (Fsp3) is 0.481. The van der Waals surface area contributed by atoms with Crippen molar-refractivity contribution in [3.05, 3.63) is 64.7 Å². The molecule has 8 heteroatoms. The van der Waals surface area contributed by atoms with E-state index in [1.165, 1.54) is 4.90 Å². The Morgan fingerprint density at radius 3 is 2.20 bits per heavy atom. The van der Waals surface area contributed by atoms with Gasteiger partial charge in [-0.25, -0.2) is 8.42 Å². The van der Waals surface area contributed by atoms with Gasteiger partial charge in [-0.2, -0.15) is 0 Å². The summed E-state index contributed by atoms with van der Waals surface area (Å²) in [5.74, 6) is -0.398. The van der Waals surface area contributed by atoms with Crippen molar-refractivity contribution < 1.29 is 18.0 Å². The Balaban J connectivity index is 2.45. The normalized spacial score (nSPS) is 12.3. The van der Waals surface area contributed by atoms with Crippen LogP contribution in [0.1, 0.15) is 49.4 Å². The summed E-state index contributed by atoms with van der Waals surface area (Å²) in [6.45, 7) is 11.9. The number of rotatable bonds is 11. The fourth-order valence-electron chi connectivity index (χ4n) is 4.03. The van der Waals surface area contributed by atoms with Crippen LogP contribution in [0.3, 0.4) is 0 Å². The Kier molecular flexibility index (Phi) is 9.89. The molecule has 0 saturated heterocycles. The Morgan fingerprint density at radius 2 is 1.66 bits per heavy atom. The van der Waals surface area contributed by atoms with Crippen molar-refractivity contribution >= 4 is 27.5 Å². The molecule has 0 aliphatic rings. The lowest BCUT2D eigenvalue weighted by Gasteiger charge is -2.33. The minimum atomic E-state index is -3.75. The van der Waals surface area contributed by atoms with Crippen LogP contribution in [0, 0.1) is 26.7 Å². The first kappa shape index (κ1) is 28.4. The Morgan fingerprint density at radius 1 is 1.00 bits per heavy atom. The fourth-order valence-corrected chi connectivity index (χ4v) is 4.94. The van der Waals surface area contributed by atoms with E-state index in [0.29, 0.717) is 18.7 Å². The van der Waals surface area contributed by atoms with Crippen molar-refractivity contribution in [1.82, 2.24) is 10.2 Å². The average Bonchev–Trinajstić information content (AvgIpc) is 2.75. The minimum Gasteiger partial charge on any atom is -0.354 e. The zero-order valence-electron chi connectivity index (χ0n) is 22.0. The molecule has 0 radical (unpaired) electrons. The van der Waals surface area contributed by atoms with Gasteiger partial charge < -0.3 is 10.2 Å². The third-order valence-corrected chi connectivity index (χ3v) is 6.93. The molecule has 1 unspecified atom stereocenters. The predicted octanol–water partition coefficient (Wildman–Crippen LogP) is 3.96. The Hall–Kier alpha value is -2.87. The van der Waals surface area contributed by atoms with Gasteiger partial charge in [-0.15, -0.1) is 0 Å². The second-order valence-corrected chi connectivity index (χ2v) is 11.5. The maximum absolute atomic E-state index is 13.7. The van der Waals surface area contributed by atoms with Gasteiger partial charge in [0.15, 0.2) is 0 Å². The number of sulfonamides is 1. The minimum absolute atomic E-state index is 0.207. The van der Waals surface area contributed by atoms with Crippen LogP contribution in [0.2, 0.25) is 0 Å². The van der Waals surface area contributed by atoms with Crippen LogP contribution in [-0.2, 0) is 26.2 Å². The molecular weight excluding hydrogens is 462 g/mol. The number of anilines is 1. The van der Waals surface area contributed by atoms with Crippen LogP contribution in [-0.4, -0.2) is 50.5 Å². The van der Waals surface area contributed by atoms with E-state index in [1.54, 1.807) is 6.07 Å². The van der Waals surface area contributed by atoms with E-state index >= 15 is 0 Å². The maximum atomic E-state index is 13.7. The number of benzene rings is 2. The van der Waals surface area contributed by atoms with E-state index in [2.05, 4.69) is 5.32 Å². The highest BCUT2D eigenvalue weighted by Gasteiger charge is 2.32. The van der Waals surface area contributed by atoms with Gasteiger partial charge in [0.1, 0.15) is 12.6 Å². The van der Waals surface area contributed by atoms with Gasteiger partial charge in [-0.3, -0.25) is 13.9 Å². The van der Waals surface area contributed by atoms with Gasteiger partial charge in [-0.1, -0.05) is 68.3 Å². The number of nitrogens with zero attached hydrogens (tertiary/aromatic N) is 2. The lowest BCUT2D eigenvalue weighted by atomic mass is 10.1. The number of hydrogen-bond acceptors (Lipinski definition) is 4. The van der Waals surface area contributed by atoms with Crippen molar-refractivity contribution in [1.29, 1.82) is 0 Å². The van der Waals surface area contributed by atoms with Gasteiger partial charge in [-0.05, 0) is 50.3 Å². The van der Waals surface area contributed by atoms with Crippen LogP contribution < -0.4 is 9.62 Å². The lowest BCUT2D eigenvalue weighted by Crippen LogP contribution is -2.52. The topological polar surface area (TPSA) is 86.8 Å². The Bertz CT molecular complexity index is 1140. The molecule has 2 aromatic rings. The number of carbonyl (C=O) groups is 2. The van der Waals surface area contributed by atoms with Crippen molar-refractivity contribution in [2.75, 3.05) is 23.7 Å². The van der Waals surface area contributed by atoms with E-state index in [9.17, 15) is 18.0 Å². The quantitative estimate of drug-likeness (QED) is 0.505. The summed E-state index contributed by atoms with van der Waals surface area (Å²) in [5.41, 5.74) is 4.14. The maximum Gasteiger partial charge on any atom is 0.244 e. The standard InChI is InChI=1S/C27H39N3O4S/c1-8-24(27(32)28-16-19(2)3)29(17-23-11-9-10-20(4)15-23)26(31)18-30(35(7,33)34)25-13-12-21(5)14-22(25)6/h9-15,19,24H,8,16-18H2,1-7H3,(H,28,32). The summed E-state index contributed by atoms with van der Waals surface area (Å²) in [7, 11) is -3.75. The van der Waals surface area contributed by atoms with Crippen LogP contribution >= 0.6 is 0 Å². The molecule has 0 bridgehead atoms. The molecule has 0 aliphatic carbocycles. The SMILES string of the molecule is CCC(C(=O)NCC(C)C)N(Cc1cccc(C)c1)C(=O)CN(c1ccc(C)cc1C)S(C)(=O)=O. The van der Waals surface area contributed by atoms with E-state index in [0.717, 1.165) is 32.8 Å². The van der Waals surface area contributed by atoms with Crippen molar-refractivity contribution in [3.63, 3.8) is 0 Å². The van der Waals surface area contributed by atoms with E-state index in [4.69, 9.17) is 0 Å². The van der Waals surface area contributed by atoms with Crippen molar-refractivity contribution in [2.24, 2.45) is 5.92 Å². The molecule has 1 N–H and O–H groups in total. The van der Waals surface area contributed by atoms with Crippen molar-refractivity contribution in [2.45, 2.75) is 60.5 Å². The zero-order chi connectivity index (χ0) is 26.3. The number of nitrogens with one attached hydrogen (secondary N) is 1. The third-order valence-electron chi connectivity index (χ3n) is 5.81. The number of aryl methyl sites for hydroxylation is 3. The summed E-state index contributed by atoms with van der Waals surface area (Å²) in [6, 6.07) is 12.5. The first-order chi connectivity index (χ1) is 16.3. The van der Waals surface area contributed by atoms with Gasteiger partial charge >= 0.3 is 0 Å². The molecule has 0 aromatic heterocycles. The highest BCUT2D eigenvalue weighted by molar-refractivity contribution is 7.92. The molecule has 2 amide bonds. The molecule has 1 atom stereocenters. The third kappa shape index (κ3) is 8.09. The molecule has 7 nitrogen and oxygen atoms in total. The molecule has 0 saturated carbocycles. The predicted molar refractivity (Wildman–Crippen MR) is 142 cm³/mol. The number of hydrogen-bond donors (Lipinski definition) is 1. The highest BCUT2D eigenvalue weighted by Crippen LogP contribution is 2.24. The highest BCUT2D eigenvalue weighted by atomic mass is 32.2. The first-order valence-electron chi connectivity index (χ1n) is 12.0. The molecule has 0 fully saturated rings. The van der Waals surface area contributed by atoms with Gasteiger partial charge in [0.2, 0.25) is 21.8 Å². The molecule has 2 aromatic carbocycles. The largest absolute Gasteiger partial charge is 0.354 e. The van der Waals surface area contributed by atoms with Gasteiger partial charge in [0.25, 0.3) is 0 Å². The first-order valence-corrected chi connectivity index (χ1v) is 13.9. The van der Waals surface area contributed by atoms with E-state index in [-0.39, 0.29) is 24.9 Å². The summed E-state index contributed by atoms with van der Waals surface area (Å²) >= 11 is 0. The molecule has 0 heterocycles. The number of amides is 2. The lowest BCUT2D eigenvalue weighted by molar-refractivity contribution is -0.140. The molecule has 192 valence electrons. The van der Waals surface area contributed by atoms with Crippen LogP contribution in [0.5, 0.6) is 0 Å². The van der Waals surface area contributed by atoms with Crippen LogP contribution in [0.4, 0.5) is 5.69 Å². The van der Waals surface area contributed by atoms with Crippen LogP contribution in [0.15, 0.2) is 42.5 Å². The molecule has 2 rings (SSSR count). The Labute approximate surface area is 210 Å². The molecular formula is C27H39N3O4S. The smallest absolute Gasteiger partial charge is 0.244 e. The molecule has 0 spiro atoms. The van der Waals surface area contributed by atoms with Crippen LogP contribution in [0.25, 0.3) is 0 Å². The van der Waals surface area contributed by atoms with E-state index in [1.807, 2.05) is 77.9 Å². The van der Waals surface area contributed by atoms with Crippen molar-refractivity contribution in [3.8, 4) is 0 Å².